The SMILES string of the molecule is CC(C)Cc1cc2c(sc3ccccc32)c(CC(C)C)c1N1CCN=C1c1ccccc1. The minimum Gasteiger partial charge on any atom is -0.324 e. The van der Waals surface area contributed by atoms with Crippen LogP contribution in [0.2, 0.25) is 0 Å². The molecule has 0 spiro atoms. The first-order valence-corrected chi connectivity index (χ1v) is 12.7. The van der Waals surface area contributed by atoms with Gasteiger partial charge in [-0.05, 0) is 47.9 Å². The van der Waals surface area contributed by atoms with Crippen LogP contribution in [0.5, 0.6) is 0 Å². The third-order valence-corrected chi connectivity index (χ3v) is 7.45. The average molecular weight is 441 g/mol. The molecular formula is C29H32N2S. The van der Waals surface area contributed by atoms with E-state index in [-0.39, 0.29) is 0 Å². The number of amidine groups is 1. The van der Waals surface area contributed by atoms with E-state index in [1.165, 1.54) is 42.6 Å². The predicted molar refractivity (Wildman–Crippen MR) is 142 cm³/mol. The van der Waals surface area contributed by atoms with Crippen LogP contribution in [-0.4, -0.2) is 18.9 Å². The van der Waals surface area contributed by atoms with Gasteiger partial charge in [-0.3, -0.25) is 4.99 Å². The quantitative estimate of drug-likeness (QED) is 0.300. The lowest BCUT2D eigenvalue weighted by Gasteiger charge is -2.28. The molecule has 0 saturated heterocycles. The topological polar surface area (TPSA) is 15.6 Å². The molecule has 1 aromatic heterocycles. The number of anilines is 1. The molecule has 3 aromatic carbocycles. The van der Waals surface area contributed by atoms with Gasteiger partial charge in [0.2, 0.25) is 0 Å². The summed E-state index contributed by atoms with van der Waals surface area (Å²) in [6, 6.07) is 22.1. The molecule has 0 fully saturated rings. The van der Waals surface area contributed by atoms with Crippen molar-refractivity contribution in [2.24, 2.45) is 16.8 Å². The van der Waals surface area contributed by atoms with E-state index in [1.807, 2.05) is 11.3 Å². The smallest absolute Gasteiger partial charge is 0.135 e. The van der Waals surface area contributed by atoms with Crippen molar-refractivity contribution in [2.45, 2.75) is 40.5 Å². The van der Waals surface area contributed by atoms with Gasteiger partial charge in [-0.2, -0.15) is 0 Å². The van der Waals surface area contributed by atoms with Crippen molar-refractivity contribution in [3.05, 3.63) is 77.4 Å². The summed E-state index contributed by atoms with van der Waals surface area (Å²) in [5, 5.41) is 2.82. The van der Waals surface area contributed by atoms with Gasteiger partial charge >= 0.3 is 0 Å². The summed E-state index contributed by atoms with van der Waals surface area (Å²) in [6.07, 6.45) is 2.17. The summed E-state index contributed by atoms with van der Waals surface area (Å²) in [6.45, 7) is 11.2. The van der Waals surface area contributed by atoms with E-state index in [1.54, 1.807) is 0 Å². The number of hydrogen-bond donors (Lipinski definition) is 0. The standard InChI is InChI=1S/C29H32N2S/c1-19(2)16-22-18-24-23-12-8-9-13-26(23)32-28(24)25(17-20(3)4)27(22)31-15-14-30-29(31)21-10-6-5-7-11-21/h5-13,18-20H,14-17H2,1-4H3. The molecule has 0 radical (unpaired) electrons. The first kappa shape index (κ1) is 21.2. The molecule has 0 atom stereocenters. The molecule has 2 nitrogen and oxygen atoms in total. The van der Waals surface area contributed by atoms with E-state index in [4.69, 9.17) is 4.99 Å². The summed E-state index contributed by atoms with van der Waals surface area (Å²) in [7, 11) is 0. The summed E-state index contributed by atoms with van der Waals surface area (Å²) >= 11 is 1.96. The van der Waals surface area contributed by atoms with Gasteiger partial charge in [0.15, 0.2) is 0 Å². The number of nitrogens with zero attached hydrogens (tertiary/aromatic N) is 2. The molecule has 1 aliphatic heterocycles. The largest absolute Gasteiger partial charge is 0.324 e. The second-order valence-electron chi connectivity index (χ2n) is 9.76. The molecule has 4 aromatic rings. The molecule has 164 valence electrons. The normalized spacial score (nSPS) is 14.3. The molecule has 5 rings (SSSR count). The van der Waals surface area contributed by atoms with Crippen molar-refractivity contribution in [2.75, 3.05) is 18.0 Å². The van der Waals surface area contributed by atoms with Crippen molar-refractivity contribution >= 4 is 43.0 Å². The number of thiophene rings is 1. The zero-order chi connectivity index (χ0) is 22.2. The first-order chi connectivity index (χ1) is 15.5. The van der Waals surface area contributed by atoms with Gasteiger partial charge in [0.05, 0.1) is 12.2 Å². The fourth-order valence-electron chi connectivity index (χ4n) is 5.01. The van der Waals surface area contributed by atoms with Crippen molar-refractivity contribution in [1.82, 2.24) is 0 Å². The molecule has 0 aliphatic carbocycles. The molecular weight excluding hydrogens is 408 g/mol. The summed E-state index contributed by atoms with van der Waals surface area (Å²) in [4.78, 5) is 7.50. The predicted octanol–water partition coefficient (Wildman–Crippen LogP) is 7.72. The van der Waals surface area contributed by atoms with E-state index < -0.39 is 0 Å². The number of aliphatic imine (C=N–C) groups is 1. The fourth-order valence-corrected chi connectivity index (χ4v) is 6.24. The van der Waals surface area contributed by atoms with Gasteiger partial charge in [0.1, 0.15) is 5.84 Å². The summed E-state index contributed by atoms with van der Waals surface area (Å²) in [5.41, 5.74) is 5.62. The maximum Gasteiger partial charge on any atom is 0.135 e. The fraction of sp³-hybridized carbons (Fsp3) is 0.345. The van der Waals surface area contributed by atoms with Crippen molar-refractivity contribution < 1.29 is 0 Å². The van der Waals surface area contributed by atoms with Gasteiger partial charge < -0.3 is 4.90 Å². The molecule has 0 saturated carbocycles. The molecule has 1 aliphatic rings. The second-order valence-corrected chi connectivity index (χ2v) is 10.8. The molecule has 0 bridgehead atoms. The molecule has 3 heteroatoms. The zero-order valence-electron chi connectivity index (χ0n) is 19.6. The highest BCUT2D eigenvalue weighted by atomic mass is 32.1. The van der Waals surface area contributed by atoms with Gasteiger partial charge in [0, 0.05) is 32.3 Å². The van der Waals surface area contributed by atoms with E-state index in [2.05, 4.69) is 93.3 Å². The lowest BCUT2D eigenvalue weighted by Crippen LogP contribution is -2.30. The van der Waals surface area contributed by atoms with Crippen LogP contribution in [-0.2, 0) is 12.8 Å². The zero-order valence-corrected chi connectivity index (χ0v) is 20.4. The van der Waals surface area contributed by atoms with Gasteiger partial charge in [-0.25, -0.2) is 0 Å². The number of rotatable bonds is 6. The van der Waals surface area contributed by atoms with Gasteiger partial charge in [-0.1, -0.05) is 76.2 Å². The average Bonchev–Trinajstić information content (AvgIpc) is 3.39. The minimum absolute atomic E-state index is 0.594. The Morgan fingerprint density at radius 2 is 1.59 bits per heavy atom. The Balaban J connectivity index is 1.79. The van der Waals surface area contributed by atoms with Crippen molar-refractivity contribution in [1.29, 1.82) is 0 Å². The molecule has 0 N–H and O–H groups in total. The Bertz CT molecular complexity index is 1280. The van der Waals surface area contributed by atoms with Crippen LogP contribution in [0.3, 0.4) is 0 Å². The monoisotopic (exact) mass is 440 g/mol. The van der Waals surface area contributed by atoms with Crippen LogP contribution in [0.15, 0.2) is 65.7 Å². The van der Waals surface area contributed by atoms with E-state index in [0.717, 1.165) is 31.8 Å². The lowest BCUT2D eigenvalue weighted by atomic mass is 9.91. The number of benzene rings is 3. The Morgan fingerprint density at radius 3 is 2.34 bits per heavy atom. The maximum absolute atomic E-state index is 4.97. The lowest BCUT2D eigenvalue weighted by molar-refractivity contribution is 0.638. The first-order valence-electron chi connectivity index (χ1n) is 11.9. The van der Waals surface area contributed by atoms with Crippen LogP contribution in [0, 0.1) is 11.8 Å². The van der Waals surface area contributed by atoms with Crippen molar-refractivity contribution in [3.8, 4) is 0 Å². The Morgan fingerprint density at radius 1 is 0.875 bits per heavy atom. The molecule has 0 unspecified atom stereocenters. The molecule has 32 heavy (non-hydrogen) atoms. The summed E-state index contributed by atoms with van der Waals surface area (Å²) < 4.78 is 2.85. The molecule has 2 heterocycles. The van der Waals surface area contributed by atoms with E-state index in [9.17, 15) is 0 Å². The van der Waals surface area contributed by atoms with E-state index in [0.29, 0.717) is 11.8 Å². The number of fused-ring (bicyclic) bond motifs is 3. The third-order valence-electron chi connectivity index (χ3n) is 6.20. The Hall–Kier alpha value is -2.65. The van der Waals surface area contributed by atoms with Gasteiger partial charge in [0.25, 0.3) is 0 Å². The van der Waals surface area contributed by atoms with Crippen LogP contribution in [0.25, 0.3) is 20.2 Å². The van der Waals surface area contributed by atoms with Crippen LogP contribution in [0.4, 0.5) is 5.69 Å². The highest BCUT2D eigenvalue weighted by molar-refractivity contribution is 7.26. The number of hydrogen-bond acceptors (Lipinski definition) is 3. The van der Waals surface area contributed by atoms with Crippen molar-refractivity contribution in [3.63, 3.8) is 0 Å². The Labute approximate surface area is 195 Å². The second kappa shape index (κ2) is 8.71. The molecule has 0 amide bonds. The minimum atomic E-state index is 0.594. The van der Waals surface area contributed by atoms with Crippen LogP contribution >= 0.6 is 11.3 Å². The highest BCUT2D eigenvalue weighted by Crippen LogP contribution is 2.44. The Kier molecular flexibility index (Phi) is 5.77. The van der Waals surface area contributed by atoms with Crippen LogP contribution in [0.1, 0.15) is 44.4 Å². The van der Waals surface area contributed by atoms with Gasteiger partial charge in [-0.15, -0.1) is 11.3 Å². The summed E-state index contributed by atoms with van der Waals surface area (Å²) in [5.74, 6) is 2.32. The maximum atomic E-state index is 4.97. The van der Waals surface area contributed by atoms with E-state index >= 15 is 0 Å². The highest BCUT2D eigenvalue weighted by Gasteiger charge is 2.28. The van der Waals surface area contributed by atoms with Crippen LogP contribution < -0.4 is 4.90 Å². The third kappa shape index (κ3) is 3.84.